The molecule has 1 unspecified atom stereocenters. The van der Waals surface area contributed by atoms with Gasteiger partial charge >= 0.3 is 5.97 Å². The molecule has 5 heteroatoms. The number of hydrogen-bond acceptors (Lipinski definition) is 4. The summed E-state index contributed by atoms with van der Waals surface area (Å²) in [5, 5.41) is 0. The first kappa shape index (κ1) is 17.7. The minimum absolute atomic E-state index is 0.0841. The Morgan fingerprint density at radius 3 is 2.57 bits per heavy atom. The number of esters is 1. The highest BCUT2D eigenvalue weighted by atomic mass is 16.6. The molecule has 0 N–H and O–H groups in total. The van der Waals surface area contributed by atoms with Gasteiger partial charge in [-0.05, 0) is 40.0 Å². The molecule has 1 atom stereocenters. The molecule has 0 saturated carbocycles. The fourth-order valence-electron chi connectivity index (χ4n) is 2.49. The SMILES string of the molecule is CC(C)(C)OC(=O)CCCCCCN1C(=O)CCC1C=O. The van der Waals surface area contributed by atoms with Crippen LogP contribution in [0.15, 0.2) is 0 Å². The second-order valence-corrected chi connectivity index (χ2v) is 6.58. The van der Waals surface area contributed by atoms with Crippen LogP contribution < -0.4 is 0 Å². The zero-order valence-corrected chi connectivity index (χ0v) is 13.4. The zero-order chi connectivity index (χ0) is 15.9. The van der Waals surface area contributed by atoms with E-state index >= 15 is 0 Å². The van der Waals surface area contributed by atoms with Crippen LogP contribution in [0.2, 0.25) is 0 Å². The van der Waals surface area contributed by atoms with Crippen LogP contribution in [0.5, 0.6) is 0 Å². The van der Waals surface area contributed by atoms with Gasteiger partial charge in [-0.1, -0.05) is 12.8 Å². The van der Waals surface area contributed by atoms with Crippen LogP contribution in [-0.2, 0) is 19.1 Å². The molecule has 1 rings (SSSR count). The quantitative estimate of drug-likeness (QED) is 0.392. The Kier molecular flexibility index (Phi) is 6.85. The topological polar surface area (TPSA) is 63.7 Å². The van der Waals surface area contributed by atoms with E-state index in [0.717, 1.165) is 32.0 Å². The standard InChI is InChI=1S/C16H27NO4/c1-16(2,3)21-15(20)8-6-4-5-7-11-17-13(12-18)9-10-14(17)19/h12-13H,4-11H2,1-3H3. The van der Waals surface area contributed by atoms with Gasteiger partial charge < -0.3 is 14.4 Å². The molecule has 1 aliphatic rings. The maximum absolute atomic E-state index is 11.6. The van der Waals surface area contributed by atoms with E-state index in [1.165, 1.54) is 0 Å². The van der Waals surface area contributed by atoms with Gasteiger partial charge in [-0.2, -0.15) is 0 Å². The lowest BCUT2D eigenvalue weighted by atomic mass is 10.1. The number of carbonyl (C=O) groups is 3. The van der Waals surface area contributed by atoms with E-state index in [9.17, 15) is 14.4 Å². The molecule has 1 saturated heterocycles. The molecule has 0 bridgehead atoms. The zero-order valence-electron chi connectivity index (χ0n) is 13.4. The van der Waals surface area contributed by atoms with Crippen LogP contribution in [-0.4, -0.2) is 41.3 Å². The summed E-state index contributed by atoms with van der Waals surface area (Å²) in [6, 6.07) is -0.223. The van der Waals surface area contributed by atoms with Crippen molar-refractivity contribution in [1.29, 1.82) is 0 Å². The highest BCUT2D eigenvalue weighted by molar-refractivity contribution is 5.83. The van der Waals surface area contributed by atoms with Crippen LogP contribution in [0.4, 0.5) is 0 Å². The maximum Gasteiger partial charge on any atom is 0.306 e. The Bertz CT molecular complexity index is 373. The number of likely N-dealkylation sites (tertiary alicyclic amines) is 1. The predicted molar refractivity (Wildman–Crippen MR) is 79.7 cm³/mol. The number of hydrogen-bond donors (Lipinski definition) is 0. The highest BCUT2D eigenvalue weighted by Crippen LogP contribution is 2.18. The Labute approximate surface area is 127 Å². The Balaban J connectivity index is 2.08. The summed E-state index contributed by atoms with van der Waals surface area (Å²) in [6.45, 7) is 6.24. The number of rotatable bonds is 8. The molecule has 0 aromatic heterocycles. The Morgan fingerprint density at radius 2 is 1.95 bits per heavy atom. The monoisotopic (exact) mass is 297 g/mol. The fraction of sp³-hybridized carbons (Fsp3) is 0.812. The van der Waals surface area contributed by atoms with Crippen molar-refractivity contribution in [3.05, 3.63) is 0 Å². The van der Waals surface area contributed by atoms with Gasteiger partial charge in [0.05, 0.1) is 6.04 Å². The van der Waals surface area contributed by atoms with E-state index in [0.29, 0.717) is 25.8 Å². The summed E-state index contributed by atoms with van der Waals surface area (Å²) < 4.78 is 5.24. The Hall–Kier alpha value is -1.39. The third kappa shape index (κ3) is 6.74. The van der Waals surface area contributed by atoms with Crippen molar-refractivity contribution in [2.45, 2.75) is 77.4 Å². The van der Waals surface area contributed by atoms with Crippen LogP contribution in [0.25, 0.3) is 0 Å². The van der Waals surface area contributed by atoms with Gasteiger partial charge in [-0.25, -0.2) is 0 Å². The molecule has 1 fully saturated rings. The molecule has 1 amide bonds. The average Bonchev–Trinajstić information content (AvgIpc) is 2.72. The molecule has 0 aromatic carbocycles. The number of ether oxygens (including phenoxy) is 1. The van der Waals surface area contributed by atoms with E-state index in [-0.39, 0.29) is 17.9 Å². The first-order chi connectivity index (χ1) is 9.83. The fourth-order valence-corrected chi connectivity index (χ4v) is 2.49. The lowest BCUT2D eigenvalue weighted by molar-refractivity contribution is -0.154. The van der Waals surface area contributed by atoms with Crippen LogP contribution in [0.3, 0.4) is 0 Å². The van der Waals surface area contributed by atoms with Crippen molar-refractivity contribution in [2.75, 3.05) is 6.54 Å². The molecule has 0 aromatic rings. The van der Waals surface area contributed by atoms with E-state index in [1.807, 2.05) is 20.8 Å². The second kappa shape index (κ2) is 8.15. The van der Waals surface area contributed by atoms with Gasteiger partial charge in [0.1, 0.15) is 11.9 Å². The summed E-state index contributed by atoms with van der Waals surface area (Å²) in [5.41, 5.74) is -0.420. The van der Waals surface area contributed by atoms with Gasteiger partial charge in [0.2, 0.25) is 5.91 Å². The van der Waals surface area contributed by atoms with Crippen molar-refractivity contribution >= 4 is 18.2 Å². The number of aldehydes is 1. The second-order valence-electron chi connectivity index (χ2n) is 6.58. The van der Waals surface area contributed by atoms with Gasteiger partial charge in [0.15, 0.2) is 0 Å². The van der Waals surface area contributed by atoms with Crippen LogP contribution in [0.1, 0.15) is 65.7 Å². The molecule has 0 aliphatic carbocycles. The summed E-state index contributed by atoms with van der Waals surface area (Å²) in [5.74, 6) is -0.0703. The third-order valence-electron chi connectivity index (χ3n) is 3.48. The molecule has 21 heavy (non-hydrogen) atoms. The number of amides is 1. The van der Waals surface area contributed by atoms with Crippen molar-refractivity contribution < 1.29 is 19.1 Å². The first-order valence-corrected chi connectivity index (χ1v) is 7.80. The van der Waals surface area contributed by atoms with E-state index < -0.39 is 5.60 Å². The molecule has 1 heterocycles. The van der Waals surface area contributed by atoms with Crippen LogP contribution >= 0.6 is 0 Å². The first-order valence-electron chi connectivity index (χ1n) is 7.80. The van der Waals surface area contributed by atoms with Crippen molar-refractivity contribution in [2.24, 2.45) is 0 Å². The maximum atomic E-state index is 11.6. The average molecular weight is 297 g/mol. The molecule has 0 radical (unpaired) electrons. The molecular formula is C16H27NO4. The van der Waals surface area contributed by atoms with E-state index in [2.05, 4.69) is 0 Å². The smallest absolute Gasteiger partial charge is 0.306 e. The molecule has 120 valence electrons. The predicted octanol–water partition coefficient (Wildman–Crippen LogP) is 2.47. The van der Waals surface area contributed by atoms with Gasteiger partial charge in [-0.15, -0.1) is 0 Å². The number of nitrogens with zero attached hydrogens (tertiary/aromatic N) is 1. The molecule has 1 aliphatic heterocycles. The molecular weight excluding hydrogens is 270 g/mol. The largest absolute Gasteiger partial charge is 0.460 e. The summed E-state index contributed by atoms with van der Waals surface area (Å²) in [4.78, 5) is 35.6. The minimum Gasteiger partial charge on any atom is -0.460 e. The lowest BCUT2D eigenvalue weighted by Crippen LogP contribution is -2.34. The van der Waals surface area contributed by atoms with E-state index in [4.69, 9.17) is 4.74 Å². The van der Waals surface area contributed by atoms with Crippen LogP contribution in [0, 0.1) is 0 Å². The van der Waals surface area contributed by atoms with Gasteiger partial charge in [-0.3, -0.25) is 9.59 Å². The summed E-state index contributed by atoms with van der Waals surface area (Å²) in [6.07, 6.45) is 6.03. The summed E-state index contributed by atoms with van der Waals surface area (Å²) in [7, 11) is 0. The molecule has 5 nitrogen and oxygen atoms in total. The van der Waals surface area contributed by atoms with Gasteiger partial charge in [0, 0.05) is 19.4 Å². The number of carbonyl (C=O) groups excluding carboxylic acids is 3. The van der Waals surface area contributed by atoms with E-state index in [1.54, 1.807) is 4.90 Å². The summed E-state index contributed by atoms with van der Waals surface area (Å²) >= 11 is 0. The number of unbranched alkanes of at least 4 members (excludes halogenated alkanes) is 3. The molecule has 0 spiro atoms. The lowest BCUT2D eigenvalue weighted by Gasteiger charge is -2.20. The van der Waals surface area contributed by atoms with Crippen molar-refractivity contribution in [3.63, 3.8) is 0 Å². The van der Waals surface area contributed by atoms with Crippen molar-refractivity contribution in [1.82, 2.24) is 4.90 Å². The van der Waals surface area contributed by atoms with Crippen molar-refractivity contribution in [3.8, 4) is 0 Å². The normalized spacial score (nSPS) is 18.9. The Morgan fingerprint density at radius 1 is 1.29 bits per heavy atom. The van der Waals surface area contributed by atoms with Gasteiger partial charge in [0.25, 0.3) is 0 Å². The highest BCUT2D eigenvalue weighted by Gasteiger charge is 2.29. The third-order valence-corrected chi connectivity index (χ3v) is 3.48. The minimum atomic E-state index is -0.420.